The number of hydrogen-bond donors (Lipinski definition) is 0. The van der Waals surface area contributed by atoms with Crippen LogP contribution >= 0.6 is 0 Å². The van der Waals surface area contributed by atoms with Crippen LogP contribution in [0.15, 0.2) is 36.4 Å². The van der Waals surface area contributed by atoms with E-state index in [1.54, 1.807) is 0 Å². The van der Waals surface area contributed by atoms with Gasteiger partial charge in [0.05, 0.1) is 0 Å². The van der Waals surface area contributed by atoms with Crippen LogP contribution in [0.2, 0.25) is 0 Å². The summed E-state index contributed by atoms with van der Waals surface area (Å²) in [5.41, 5.74) is 7.81. The molecule has 0 aliphatic heterocycles. The van der Waals surface area contributed by atoms with Crippen molar-refractivity contribution in [1.29, 1.82) is 0 Å². The van der Waals surface area contributed by atoms with E-state index in [0.29, 0.717) is 0 Å². The Balaban J connectivity index is 0.000000956. The third-order valence-electron chi connectivity index (χ3n) is 3.59. The summed E-state index contributed by atoms with van der Waals surface area (Å²) >= 11 is 0. The molecular formula is C19H27N. The maximum Gasteiger partial charge on any atom is 0.0437 e. The summed E-state index contributed by atoms with van der Waals surface area (Å²) < 4.78 is 0. The average Bonchev–Trinajstić information content (AvgIpc) is 2.43. The molecule has 0 bridgehead atoms. The number of rotatable bonds is 2. The molecule has 0 radical (unpaired) electrons. The van der Waals surface area contributed by atoms with Gasteiger partial charge in [0, 0.05) is 18.4 Å². The molecule has 0 atom stereocenters. The first kappa shape index (κ1) is 16.3. The molecule has 2 aromatic rings. The normalized spacial score (nSPS) is 9.75. The van der Waals surface area contributed by atoms with Crippen LogP contribution in [-0.2, 0) is 0 Å². The molecule has 0 N–H and O–H groups in total. The maximum atomic E-state index is 2.25. The number of anilines is 2. The SMILES string of the molecule is CC.Cc1ccc(N(C)c2ccc(C)c(C)c2)c(C)c1. The summed E-state index contributed by atoms with van der Waals surface area (Å²) in [4.78, 5) is 2.25. The second-order valence-electron chi connectivity index (χ2n) is 5.12. The van der Waals surface area contributed by atoms with E-state index in [1.165, 1.54) is 33.6 Å². The summed E-state index contributed by atoms with van der Waals surface area (Å²) in [7, 11) is 2.13. The quantitative estimate of drug-likeness (QED) is 0.674. The molecule has 0 heterocycles. The van der Waals surface area contributed by atoms with E-state index in [1.807, 2.05) is 13.8 Å². The van der Waals surface area contributed by atoms with Gasteiger partial charge >= 0.3 is 0 Å². The Morgan fingerprint density at radius 3 is 1.90 bits per heavy atom. The predicted molar refractivity (Wildman–Crippen MR) is 91.2 cm³/mol. The highest BCUT2D eigenvalue weighted by atomic mass is 15.1. The number of benzene rings is 2. The van der Waals surface area contributed by atoms with Crippen molar-refractivity contribution < 1.29 is 0 Å². The minimum Gasteiger partial charge on any atom is -0.344 e. The van der Waals surface area contributed by atoms with Gasteiger partial charge in [-0.05, 0) is 62.6 Å². The highest BCUT2D eigenvalue weighted by Crippen LogP contribution is 2.28. The molecule has 0 saturated carbocycles. The van der Waals surface area contributed by atoms with Crippen LogP contribution in [0.5, 0.6) is 0 Å². The molecule has 0 aliphatic rings. The lowest BCUT2D eigenvalue weighted by Gasteiger charge is -2.22. The Hall–Kier alpha value is -1.76. The van der Waals surface area contributed by atoms with Crippen LogP contribution in [-0.4, -0.2) is 7.05 Å². The topological polar surface area (TPSA) is 3.24 Å². The Labute approximate surface area is 124 Å². The van der Waals surface area contributed by atoms with E-state index < -0.39 is 0 Å². The zero-order valence-electron chi connectivity index (χ0n) is 13.9. The summed E-state index contributed by atoms with van der Waals surface area (Å²) in [6, 6.07) is 13.2. The minimum absolute atomic E-state index is 1.24. The van der Waals surface area contributed by atoms with Crippen molar-refractivity contribution in [3.05, 3.63) is 58.7 Å². The van der Waals surface area contributed by atoms with E-state index in [2.05, 4.69) is 76.0 Å². The molecule has 2 rings (SSSR count). The van der Waals surface area contributed by atoms with Crippen LogP contribution in [0.4, 0.5) is 11.4 Å². The first-order chi connectivity index (χ1) is 9.49. The average molecular weight is 269 g/mol. The van der Waals surface area contributed by atoms with Crippen LogP contribution in [0, 0.1) is 27.7 Å². The van der Waals surface area contributed by atoms with Gasteiger partial charge in [-0.15, -0.1) is 0 Å². The fourth-order valence-electron chi connectivity index (χ4n) is 2.26. The van der Waals surface area contributed by atoms with Crippen LogP contribution in [0.1, 0.15) is 36.1 Å². The fourth-order valence-corrected chi connectivity index (χ4v) is 2.26. The summed E-state index contributed by atoms with van der Waals surface area (Å²) in [6.07, 6.45) is 0. The Morgan fingerprint density at radius 2 is 1.35 bits per heavy atom. The lowest BCUT2D eigenvalue weighted by Crippen LogP contribution is -2.11. The van der Waals surface area contributed by atoms with Gasteiger partial charge in [-0.2, -0.15) is 0 Å². The van der Waals surface area contributed by atoms with E-state index in [9.17, 15) is 0 Å². The van der Waals surface area contributed by atoms with Crippen molar-refractivity contribution in [3.8, 4) is 0 Å². The third-order valence-corrected chi connectivity index (χ3v) is 3.59. The first-order valence-corrected chi connectivity index (χ1v) is 7.37. The zero-order chi connectivity index (χ0) is 15.3. The Kier molecular flexibility index (Phi) is 5.82. The van der Waals surface area contributed by atoms with Gasteiger partial charge in [0.15, 0.2) is 0 Å². The van der Waals surface area contributed by atoms with Gasteiger partial charge in [-0.3, -0.25) is 0 Å². The number of aryl methyl sites for hydroxylation is 4. The van der Waals surface area contributed by atoms with E-state index in [0.717, 1.165) is 0 Å². The molecule has 108 valence electrons. The summed E-state index contributed by atoms with van der Waals surface area (Å²) in [6.45, 7) is 12.6. The highest BCUT2D eigenvalue weighted by molar-refractivity contribution is 5.66. The van der Waals surface area contributed by atoms with Crippen molar-refractivity contribution in [2.24, 2.45) is 0 Å². The molecule has 0 aliphatic carbocycles. The van der Waals surface area contributed by atoms with E-state index in [4.69, 9.17) is 0 Å². The number of hydrogen-bond acceptors (Lipinski definition) is 1. The summed E-state index contributed by atoms with van der Waals surface area (Å²) in [5.74, 6) is 0. The Bertz CT molecular complexity index is 570. The van der Waals surface area contributed by atoms with Crippen LogP contribution < -0.4 is 4.90 Å². The van der Waals surface area contributed by atoms with E-state index in [-0.39, 0.29) is 0 Å². The molecule has 0 fully saturated rings. The second kappa shape index (κ2) is 7.14. The lowest BCUT2D eigenvalue weighted by molar-refractivity contribution is 1.17. The number of nitrogens with zero attached hydrogens (tertiary/aromatic N) is 1. The first-order valence-electron chi connectivity index (χ1n) is 7.37. The molecule has 1 nitrogen and oxygen atoms in total. The van der Waals surface area contributed by atoms with Gasteiger partial charge in [0.25, 0.3) is 0 Å². The van der Waals surface area contributed by atoms with Crippen molar-refractivity contribution in [2.45, 2.75) is 41.5 Å². The monoisotopic (exact) mass is 269 g/mol. The van der Waals surface area contributed by atoms with Gasteiger partial charge in [-0.25, -0.2) is 0 Å². The molecule has 0 spiro atoms. The van der Waals surface area contributed by atoms with Crippen LogP contribution in [0.3, 0.4) is 0 Å². The third kappa shape index (κ3) is 3.63. The van der Waals surface area contributed by atoms with Gasteiger partial charge in [0.1, 0.15) is 0 Å². The molecule has 0 saturated heterocycles. The minimum atomic E-state index is 1.24. The molecule has 0 amide bonds. The van der Waals surface area contributed by atoms with E-state index >= 15 is 0 Å². The van der Waals surface area contributed by atoms with Crippen LogP contribution in [0.25, 0.3) is 0 Å². The van der Waals surface area contributed by atoms with Crippen molar-refractivity contribution >= 4 is 11.4 Å². The molecule has 20 heavy (non-hydrogen) atoms. The maximum absolute atomic E-state index is 2.25. The van der Waals surface area contributed by atoms with Gasteiger partial charge < -0.3 is 4.90 Å². The lowest BCUT2D eigenvalue weighted by atomic mass is 10.1. The van der Waals surface area contributed by atoms with Gasteiger partial charge in [-0.1, -0.05) is 37.6 Å². The smallest absolute Gasteiger partial charge is 0.0437 e. The Morgan fingerprint density at radius 1 is 0.700 bits per heavy atom. The molecular weight excluding hydrogens is 242 g/mol. The second-order valence-corrected chi connectivity index (χ2v) is 5.12. The standard InChI is InChI=1S/C17H21N.C2H6/c1-12-6-9-17(15(4)10-12)18(5)16-8-7-13(2)14(3)11-16;1-2/h6-11H,1-5H3;1-2H3. The molecule has 1 heteroatoms. The van der Waals surface area contributed by atoms with Crippen molar-refractivity contribution in [3.63, 3.8) is 0 Å². The zero-order valence-corrected chi connectivity index (χ0v) is 13.9. The summed E-state index contributed by atoms with van der Waals surface area (Å²) in [5, 5.41) is 0. The fraction of sp³-hybridized carbons (Fsp3) is 0.368. The van der Waals surface area contributed by atoms with Crippen molar-refractivity contribution in [1.82, 2.24) is 0 Å². The predicted octanol–water partition coefficient (Wildman–Crippen LogP) is 5.71. The molecule has 0 aromatic heterocycles. The van der Waals surface area contributed by atoms with Gasteiger partial charge in [0.2, 0.25) is 0 Å². The molecule has 2 aromatic carbocycles. The highest BCUT2D eigenvalue weighted by Gasteiger charge is 2.07. The molecule has 0 unspecified atom stereocenters. The van der Waals surface area contributed by atoms with Crippen molar-refractivity contribution in [2.75, 3.05) is 11.9 Å². The largest absolute Gasteiger partial charge is 0.344 e.